The molecule has 0 fully saturated rings. The van der Waals surface area contributed by atoms with Gasteiger partial charge in [-0.05, 0) is 115 Å². The minimum atomic E-state index is -0.291. The monoisotopic (exact) mass is 1130 g/mol. The summed E-state index contributed by atoms with van der Waals surface area (Å²) in [5.41, 5.74) is 5.51. The summed E-state index contributed by atoms with van der Waals surface area (Å²) in [5.74, 6) is 2.21. The molecule has 0 aliphatic rings. The third-order valence-electron chi connectivity index (χ3n) is 14.1. The first-order valence-electron chi connectivity index (χ1n) is 29.8. The van der Waals surface area contributed by atoms with Gasteiger partial charge in [0.1, 0.15) is 23.0 Å². The molecule has 82 heavy (non-hydrogen) atoms. The minimum Gasteiger partial charge on any atom is -0.494 e. The summed E-state index contributed by atoms with van der Waals surface area (Å²) >= 11 is 0. The highest BCUT2D eigenvalue weighted by Gasteiger charge is 2.15. The molecule has 0 radical (unpaired) electrons. The summed E-state index contributed by atoms with van der Waals surface area (Å²) in [6, 6.07) is 38.4. The molecule has 5 aromatic rings. The average Bonchev–Trinajstić information content (AvgIpc) is 3.50. The van der Waals surface area contributed by atoms with Gasteiger partial charge >= 0.3 is 0 Å². The molecule has 0 aliphatic heterocycles. The standard InChI is InChI=1S/C66H90N4O12/c71-44-40-69(41-45-72)65(77)51-81-61-36-28-55(29-37-61)53-24-32-59(33-25-53)79-48-17-13-9-5-1-3-7-11-15-22-63(75)67-57-20-19-21-58(50-57)68-64(76)23-16-12-8-4-2-6-10-14-18-49-80-60-34-26-54(27-35-60)56-30-38-62(39-31-56)82-52-66(78)70(42-46-73)43-47-74/h19-21,24-39,50,71-74H,1-18,22-23,40-49,51-52H2,(H,67,75)(H,68,76). The van der Waals surface area contributed by atoms with Gasteiger partial charge in [0.05, 0.1) is 39.6 Å². The zero-order chi connectivity index (χ0) is 58.2. The van der Waals surface area contributed by atoms with Crippen molar-refractivity contribution in [3.63, 3.8) is 0 Å². The van der Waals surface area contributed by atoms with E-state index in [1.165, 1.54) is 61.2 Å². The normalized spacial score (nSPS) is 11.0. The maximum absolute atomic E-state index is 12.7. The number of aliphatic hydroxyl groups excluding tert-OH is 4. The van der Waals surface area contributed by atoms with Gasteiger partial charge in [0.25, 0.3) is 11.8 Å². The Morgan fingerprint density at radius 3 is 0.902 bits per heavy atom. The van der Waals surface area contributed by atoms with Crippen molar-refractivity contribution in [3.05, 3.63) is 121 Å². The van der Waals surface area contributed by atoms with Crippen molar-refractivity contribution in [1.82, 2.24) is 9.80 Å². The molecule has 16 heteroatoms. The smallest absolute Gasteiger partial charge is 0.260 e. The van der Waals surface area contributed by atoms with E-state index >= 15 is 0 Å². The van der Waals surface area contributed by atoms with E-state index < -0.39 is 0 Å². The van der Waals surface area contributed by atoms with Crippen LogP contribution in [0, 0.1) is 0 Å². The lowest BCUT2D eigenvalue weighted by atomic mass is 10.1. The van der Waals surface area contributed by atoms with Gasteiger partial charge in [0.2, 0.25) is 11.8 Å². The second-order valence-electron chi connectivity index (χ2n) is 20.6. The predicted molar refractivity (Wildman–Crippen MR) is 323 cm³/mol. The third kappa shape index (κ3) is 26.7. The van der Waals surface area contributed by atoms with Crippen LogP contribution in [0.2, 0.25) is 0 Å². The molecule has 0 saturated heterocycles. The summed E-state index contributed by atoms with van der Waals surface area (Å²) in [6.07, 6.45) is 20.7. The SMILES string of the molecule is O=C(CCCCCCCCCCCOc1ccc(-c2ccc(OCC(=O)N(CCO)CCO)cc2)cc1)Nc1cccc(NC(=O)CCCCCCCCCCCOc2ccc(-c3ccc(OCC(=O)N(CCO)CCO)cc3)cc2)c1. The van der Waals surface area contributed by atoms with E-state index in [2.05, 4.69) is 10.6 Å². The lowest BCUT2D eigenvalue weighted by Crippen LogP contribution is -2.38. The van der Waals surface area contributed by atoms with Crippen LogP contribution in [-0.4, -0.2) is 133 Å². The van der Waals surface area contributed by atoms with Crippen LogP contribution in [0.3, 0.4) is 0 Å². The fourth-order valence-corrected chi connectivity index (χ4v) is 9.40. The number of rotatable bonds is 44. The number of amides is 4. The van der Waals surface area contributed by atoms with Crippen molar-refractivity contribution in [2.24, 2.45) is 0 Å². The summed E-state index contributed by atoms with van der Waals surface area (Å²) in [6.45, 7) is 0.954. The summed E-state index contributed by atoms with van der Waals surface area (Å²) < 4.78 is 23.2. The molecular formula is C66H90N4O12. The largest absolute Gasteiger partial charge is 0.494 e. The number of ether oxygens (including phenoxy) is 4. The van der Waals surface area contributed by atoms with Gasteiger partial charge in [-0.25, -0.2) is 0 Å². The number of aliphatic hydroxyl groups is 4. The maximum atomic E-state index is 12.7. The number of nitrogens with one attached hydrogen (secondary N) is 2. The van der Waals surface area contributed by atoms with Crippen LogP contribution in [0.1, 0.15) is 128 Å². The van der Waals surface area contributed by atoms with Crippen LogP contribution in [0.25, 0.3) is 22.3 Å². The Morgan fingerprint density at radius 2 is 0.610 bits per heavy atom. The van der Waals surface area contributed by atoms with E-state index in [1.54, 1.807) is 0 Å². The molecule has 446 valence electrons. The molecule has 5 rings (SSSR count). The van der Waals surface area contributed by atoms with E-state index in [4.69, 9.17) is 39.4 Å². The number of carbonyl (C=O) groups excluding carboxylic acids is 4. The minimum absolute atomic E-state index is 0.00589. The highest BCUT2D eigenvalue weighted by Crippen LogP contribution is 2.27. The molecule has 0 aromatic heterocycles. The molecule has 0 atom stereocenters. The van der Waals surface area contributed by atoms with Crippen LogP contribution in [0.15, 0.2) is 121 Å². The first kappa shape index (κ1) is 65.8. The number of nitrogens with zero attached hydrogens (tertiary/aromatic N) is 2. The molecule has 0 spiro atoms. The predicted octanol–water partition coefficient (Wildman–Crippen LogP) is 11.2. The number of hydrogen-bond acceptors (Lipinski definition) is 12. The van der Waals surface area contributed by atoms with Crippen molar-refractivity contribution < 1.29 is 58.6 Å². The lowest BCUT2D eigenvalue weighted by Gasteiger charge is -2.20. The lowest BCUT2D eigenvalue weighted by molar-refractivity contribution is -0.135. The Morgan fingerprint density at radius 1 is 0.341 bits per heavy atom. The Balaban J connectivity index is 0.787. The second-order valence-corrected chi connectivity index (χ2v) is 20.6. The first-order chi connectivity index (χ1) is 40.2. The Labute approximate surface area is 486 Å². The van der Waals surface area contributed by atoms with Crippen LogP contribution < -0.4 is 29.6 Å². The number of anilines is 2. The molecule has 5 aromatic carbocycles. The van der Waals surface area contributed by atoms with E-state index in [0.29, 0.717) is 48.9 Å². The maximum Gasteiger partial charge on any atom is 0.260 e. The van der Waals surface area contributed by atoms with Gasteiger partial charge in [-0.15, -0.1) is 0 Å². The van der Waals surface area contributed by atoms with Gasteiger partial charge < -0.3 is 59.8 Å². The zero-order valence-corrected chi connectivity index (χ0v) is 48.1. The molecule has 16 nitrogen and oxygen atoms in total. The molecule has 0 unspecified atom stereocenters. The molecule has 6 N–H and O–H groups in total. The fourth-order valence-electron chi connectivity index (χ4n) is 9.40. The van der Waals surface area contributed by atoms with Crippen LogP contribution in [0.5, 0.6) is 23.0 Å². The molecule has 0 heterocycles. The Kier molecular flexibility index (Phi) is 32.3. The van der Waals surface area contributed by atoms with Crippen molar-refractivity contribution in [3.8, 4) is 45.3 Å². The van der Waals surface area contributed by atoms with E-state index in [0.717, 1.165) is 98.0 Å². The highest BCUT2D eigenvalue weighted by molar-refractivity contribution is 5.94. The Bertz CT molecular complexity index is 2360. The van der Waals surface area contributed by atoms with Crippen molar-refractivity contribution in [2.75, 3.05) is 89.7 Å². The quantitative estimate of drug-likeness (QED) is 0.0201. The van der Waals surface area contributed by atoms with Crippen LogP contribution in [-0.2, 0) is 19.2 Å². The first-order valence-corrected chi connectivity index (χ1v) is 29.8. The number of unbranched alkanes of at least 4 members (excludes halogenated alkanes) is 16. The molecule has 0 bridgehead atoms. The summed E-state index contributed by atoms with van der Waals surface area (Å²) in [4.78, 5) is 52.8. The fraction of sp³-hybridized carbons (Fsp3) is 0.485. The van der Waals surface area contributed by atoms with E-state index in [-0.39, 0.29) is 89.4 Å². The van der Waals surface area contributed by atoms with Crippen molar-refractivity contribution >= 4 is 35.0 Å². The number of carbonyl (C=O) groups is 4. The van der Waals surface area contributed by atoms with Crippen molar-refractivity contribution in [1.29, 1.82) is 0 Å². The van der Waals surface area contributed by atoms with Crippen LogP contribution in [0.4, 0.5) is 11.4 Å². The second kappa shape index (κ2) is 40.3. The summed E-state index contributed by atoms with van der Waals surface area (Å²) in [5, 5.41) is 42.6. The molecule has 0 aliphatic carbocycles. The Hall–Kier alpha value is -6.98. The van der Waals surface area contributed by atoms with E-state index in [1.807, 2.05) is 121 Å². The highest BCUT2D eigenvalue weighted by atomic mass is 16.5. The zero-order valence-electron chi connectivity index (χ0n) is 48.1. The topological polar surface area (TPSA) is 217 Å². The molecular weight excluding hydrogens is 1040 g/mol. The van der Waals surface area contributed by atoms with Gasteiger partial charge in [0.15, 0.2) is 13.2 Å². The molecule has 4 amide bonds. The molecule has 0 saturated carbocycles. The van der Waals surface area contributed by atoms with E-state index in [9.17, 15) is 19.2 Å². The van der Waals surface area contributed by atoms with Gasteiger partial charge in [0, 0.05) is 50.4 Å². The number of benzene rings is 5. The number of hydrogen-bond donors (Lipinski definition) is 6. The van der Waals surface area contributed by atoms with Gasteiger partial charge in [-0.3, -0.25) is 19.2 Å². The average molecular weight is 1130 g/mol. The summed E-state index contributed by atoms with van der Waals surface area (Å²) in [7, 11) is 0. The third-order valence-corrected chi connectivity index (χ3v) is 14.1. The van der Waals surface area contributed by atoms with Crippen LogP contribution >= 0.6 is 0 Å². The van der Waals surface area contributed by atoms with Gasteiger partial charge in [-0.1, -0.05) is 144 Å². The van der Waals surface area contributed by atoms with Crippen molar-refractivity contribution in [2.45, 2.75) is 128 Å². The van der Waals surface area contributed by atoms with Gasteiger partial charge in [-0.2, -0.15) is 0 Å².